The second-order valence-corrected chi connectivity index (χ2v) is 7.13. The van der Waals surface area contributed by atoms with Crippen LogP contribution in [0.25, 0.3) is 0 Å². The van der Waals surface area contributed by atoms with E-state index >= 15 is 0 Å². The van der Waals surface area contributed by atoms with E-state index in [2.05, 4.69) is 13.8 Å². The number of hydrogen-bond donors (Lipinski definition) is 1. The number of nitrogens with two attached hydrogens (primary N) is 1. The van der Waals surface area contributed by atoms with Crippen LogP contribution in [-0.2, 0) is 4.79 Å². The second-order valence-electron chi connectivity index (χ2n) is 7.13. The molecule has 1 aliphatic heterocycles. The van der Waals surface area contributed by atoms with Crippen LogP contribution in [0.15, 0.2) is 0 Å². The number of imide groups is 1. The van der Waals surface area contributed by atoms with Gasteiger partial charge < -0.3 is 10.6 Å². The summed E-state index contributed by atoms with van der Waals surface area (Å²) in [6.45, 7) is 5.50. The molecule has 1 atom stereocenters. The normalized spacial score (nSPS) is 23.9. The third-order valence-corrected chi connectivity index (χ3v) is 4.78. The van der Waals surface area contributed by atoms with Crippen molar-refractivity contribution >= 4 is 11.9 Å². The molecule has 0 aromatic rings. The lowest BCUT2D eigenvalue weighted by Crippen LogP contribution is -2.42. The molecule has 1 saturated heterocycles. The van der Waals surface area contributed by atoms with Gasteiger partial charge in [-0.25, -0.2) is 4.79 Å². The van der Waals surface area contributed by atoms with Crippen molar-refractivity contribution in [2.75, 3.05) is 13.1 Å². The summed E-state index contributed by atoms with van der Waals surface area (Å²) in [5.74, 6) is 0.412. The molecule has 0 aromatic heterocycles. The highest BCUT2D eigenvalue weighted by Gasteiger charge is 2.47. The molecule has 2 N–H and O–H groups in total. The first kappa shape index (κ1) is 17.3. The third-order valence-electron chi connectivity index (χ3n) is 4.78. The predicted octanol–water partition coefficient (Wildman–Crippen LogP) is 2.74. The molecule has 0 unspecified atom stereocenters. The number of carbonyl (C=O) groups excluding carboxylic acids is 2. The van der Waals surface area contributed by atoms with Gasteiger partial charge in [-0.2, -0.15) is 0 Å². The van der Waals surface area contributed by atoms with Gasteiger partial charge >= 0.3 is 6.03 Å². The van der Waals surface area contributed by atoms with Gasteiger partial charge in [0.1, 0.15) is 6.04 Å². The van der Waals surface area contributed by atoms with Crippen molar-refractivity contribution in [2.24, 2.45) is 11.7 Å². The molecule has 0 bridgehead atoms. The molecule has 5 nitrogen and oxygen atoms in total. The number of hydrogen-bond acceptors (Lipinski definition) is 3. The minimum absolute atomic E-state index is 0.0366. The van der Waals surface area contributed by atoms with Gasteiger partial charge in [0.2, 0.25) is 0 Å². The van der Waals surface area contributed by atoms with Gasteiger partial charge in [-0.3, -0.25) is 9.69 Å². The highest BCUT2D eigenvalue weighted by Crippen LogP contribution is 2.30. The van der Waals surface area contributed by atoms with Crippen LogP contribution in [0.1, 0.15) is 65.2 Å². The number of nitrogens with zero attached hydrogens (tertiary/aromatic N) is 2. The Labute approximate surface area is 134 Å². The molecular weight excluding hydrogens is 278 g/mol. The van der Waals surface area contributed by atoms with Crippen molar-refractivity contribution in [3.8, 4) is 0 Å². The summed E-state index contributed by atoms with van der Waals surface area (Å²) in [4.78, 5) is 29.0. The quantitative estimate of drug-likeness (QED) is 0.581. The first-order valence-corrected chi connectivity index (χ1v) is 8.90. The first-order valence-electron chi connectivity index (χ1n) is 8.90. The number of rotatable bonds is 7. The lowest BCUT2D eigenvalue weighted by atomic mass is 9.94. The van der Waals surface area contributed by atoms with Crippen LogP contribution in [0.3, 0.4) is 0 Å². The van der Waals surface area contributed by atoms with Crippen LogP contribution in [-0.4, -0.2) is 46.9 Å². The molecule has 3 amide bonds. The maximum absolute atomic E-state index is 12.8. The molecule has 1 heterocycles. The number of amides is 3. The fourth-order valence-electron chi connectivity index (χ4n) is 3.70. The number of unbranched alkanes of at least 4 members (excludes halogenated alkanes) is 1. The van der Waals surface area contributed by atoms with E-state index in [4.69, 9.17) is 5.73 Å². The van der Waals surface area contributed by atoms with E-state index in [0.717, 1.165) is 44.9 Å². The summed E-state index contributed by atoms with van der Waals surface area (Å²) in [5.41, 5.74) is 5.56. The Morgan fingerprint density at radius 3 is 2.41 bits per heavy atom. The summed E-state index contributed by atoms with van der Waals surface area (Å²) >= 11 is 0. The molecule has 0 aromatic carbocycles. The van der Waals surface area contributed by atoms with Crippen molar-refractivity contribution < 1.29 is 9.59 Å². The highest BCUT2D eigenvalue weighted by molar-refractivity contribution is 6.04. The van der Waals surface area contributed by atoms with E-state index < -0.39 is 0 Å². The number of carbonyl (C=O) groups is 2. The van der Waals surface area contributed by atoms with Crippen LogP contribution in [0.4, 0.5) is 4.79 Å². The first-order chi connectivity index (χ1) is 10.6. The summed E-state index contributed by atoms with van der Waals surface area (Å²) < 4.78 is 0. The summed E-state index contributed by atoms with van der Waals surface area (Å²) in [6.07, 6.45) is 8.00. The average Bonchev–Trinajstić information content (AvgIpc) is 2.72. The molecule has 2 aliphatic rings. The Bertz CT molecular complexity index is 391. The molecular formula is C17H31N3O2. The monoisotopic (exact) mass is 309 g/mol. The summed E-state index contributed by atoms with van der Waals surface area (Å²) in [7, 11) is 0. The predicted molar refractivity (Wildman–Crippen MR) is 87.4 cm³/mol. The molecule has 5 heteroatoms. The van der Waals surface area contributed by atoms with Crippen molar-refractivity contribution in [1.29, 1.82) is 0 Å². The Morgan fingerprint density at radius 1 is 1.14 bits per heavy atom. The molecule has 126 valence electrons. The molecule has 22 heavy (non-hydrogen) atoms. The van der Waals surface area contributed by atoms with Crippen molar-refractivity contribution in [3.05, 3.63) is 0 Å². The minimum Gasteiger partial charge on any atom is -0.330 e. The van der Waals surface area contributed by atoms with E-state index in [9.17, 15) is 9.59 Å². The van der Waals surface area contributed by atoms with Crippen molar-refractivity contribution in [2.45, 2.75) is 77.3 Å². The van der Waals surface area contributed by atoms with E-state index in [1.807, 2.05) is 4.90 Å². The van der Waals surface area contributed by atoms with E-state index in [0.29, 0.717) is 19.0 Å². The fourth-order valence-corrected chi connectivity index (χ4v) is 3.70. The van der Waals surface area contributed by atoms with Gasteiger partial charge in [0.05, 0.1) is 0 Å². The van der Waals surface area contributed by atoms with E-state index in [1.54, 1.807) is 4.90 Å². The largest absolute Gasteiger partial charge is 0.330 e. The molecule has 0 radical (unpaired) electrons. The van der Waals surface area contributed by atoms with Gasteiger partial charge in [-0.15, -0.1) is 0 Å². The molecule has 2 fully saturated rings. The minimum atomic E-state index is -0.261. The maximum Gasteiger partial charge on any atom is 0.327 e. The van der Waals surface area contributed by atoms with Crippen LogP contribution in [0.2, 0.25) is 0 Å². The zero-order valence-corrected chi connectivity index (χ0v) is 14.1. The zero-order valence-electron chi connectivity index (χ0n) is 14.1. The van der Waals surface area contributed by atoms with Gasteiger partial charge in [-0.05, 0) is 44.6 Å². The maximum atomic E-state index is 12.8. The van der Waals surface area contributed by atoms with E-state index in [1.165, 1.54) is 6.42 Å². The molecule has 0 spiro atoms. The summed E-state index contributed by atoms with van der Waals surface area (Å²) in [6, 6.07) is -0.186. The van der Waals surface area contributed by atoms with Crippen LogP contribution >= 0.6 is 0 Å². The van der Waals surface area contributed by atoms with Gasteiger partial charge in [0, 0.05) is 12.6 Å². The van der Waals surface area contributed by atoms with Crippen molar-refractivity contribution in [1.82, 2.24) is 9.80 Å². The average molecular weight is 309 g/mol. The SMILES string of the molecule is CC(C)CN1C(=O)N(C2CCCCC2)C(=O)[C@@H]1CCCCN. The van der Waals surface area contributed by atoms with E-state index in [-0.39, 0.29) is 24.0 Å². The second kappa shape index (κ2) is 7.95. The van der Waals surface area contributed by atoms with Crippen LogP contribution < -0.4 is 5.73 Å². The Kier molecular flexibility index (Phi) is 6.24. The van der Waals surface area contributed by atoms with Gasteiger partial charge in [0.25, 0.3) is 5.91 Å². The topological polar surface area (TPSA) is 66.6 Å². The molecule has 2 rings (SSSR count). The standard InChI is InChI=1S/C17H31N3O2/c1-13(2)12-19-15(10-6-7-11-18)16(21)20(17(19)22)14-8-4-3-5-9-14/h13-15H,3-12,18H2,1-2H3/t15-/m0/s1. The smallest absolute Gasteiger partial charge is 0.327 e. The van der Waals surface area contributed by atoms with Gasteiger partial charge in [0.15, 0.2) is 0 Å². The lowest BCUT2D eigenvalue weighted by molar-refractivity contribution is -0.130. The Morgan fingerprint density at radius 2 is 1.82 bits per heavy atom. The van der Waals surface area contributed by atoms with Crippen LogP contribution in [0.5, 0.6) is 0 Å². The number of urea groups is 1. The zero-order chi connectivity index (χ0) is 16.1. The van der Waals surface area contributed by atoms with Gasteiger partial charge in [-0.1, -0.05) is 33.1 Å². The van der Waals surface area contributed by atoms with Crippen molar-refractivity contribution in [3.63, 3.8) is 0 Å². The highest BCUT2D eigenvalue weighted by atomic mass is 16.2. The third kappa shape index (κ3) is 3.80. The fraction of sp³-hybridized carbons (Fsp3) is 0.882. The van der Waals surface area contributed by atoms with Crippen LogP contribution in [0, 0.1) is 5.92 Å². The molecule has 1 saturated carbocycles. The molecule has 1 aliphatic carbocycles. The lowest BCUT2D eigenvalue weighted by Gasteiger charge is -2.29. The summed E-state index contributed by atoms with van der Waals surface area (Å²) in [5, 5.41) is 0. The Balaban J connectivity index is 2.11. The Hall–Kier alpha value is -1.10.